The van der Waals surface area contributed by atoms with E-state index in [4.69, 9.17) is 10.9 Å². The second kappa shape index (κ2) is 6.21. The Morgan fingerprint density at radius 3 is 2.33 bits per heavy atom. The first-order valence-electron chi connectivity index (χ1n) is 7.23. The lowest BCUT2D eigenvalue weighted by Gasteiger charge is -2.37. The van der Waals surface area contributed by atoms with Gasteiger partial charge in [-0.05, 0) is 37.6 Å². The average molecular weight is 312 g/mol. The lowest BCUT2D eigenvalue weighted by atomic mass is 10.1. The first kappa shape index (κ1) is 16.1. The Bertz CT molecular complexity index is 608. The molecule has 0 amide bonds. The fourth-order valence-corrected chi connectivity index (χ4v) is 3.68. The number of nitrogens with zero attached hydrogens (tertiary/aromatic N) is 2. The molecule has 118 valence electrons. The number of rotatable bonds is 4. The van der Waals surface area contributed by atoms with Gasteiger partial charge in [0, 0.05) is 37.6 Å². The van der Waals surface area contributed by atoms with Crippen LogP contribution in [0, 0.1) is 6.92 Å². The molecule has 0 unspecified atom stereocenters. The molecule has 0 radical (unpaired) electrons. The molecule has 1 aliphatic rings. The highest BCUT2D eigenvalue weighted by atomic mass is 32.2. The summed E-state index contributed by atoms with van der Waals surface area (Å²) in [5.74, 6) is 0. The summed E-state index contributed by atoms with van der Waals surface area (Å²) in [5.41, 5.74) is 7.82. The van der Waals surface area contributed by atoms with Crippen molar-refractivity contribution in [3.05, 3.63) is 17.7 Å². The number of hydrogen-bond acceptors (Lipinski definition) is 5. The number of sulfonamides is 1. The molecule has 0 bridgehead atoms. The minimum Gasteiger partial charge on any atom is -0.399 e. The molecule has 6 nitrogen and oxygen atoms in total. The summed E-state index contributed by atoms with van der Waals surface area (Å²) in [6.45, 7) is 8.76. The Morgan fingerprint density at radius 1 is 1.19 bits per heavy atom. The lowest BCUT2D eigenvalue weighted by Crippen LogP contribution is -2.46. The molecule has 0 atom stereocenters. The number of nitrogen functional groups attached to an aromatic ring is 1. The summed E-state index contributed by atoms with van der Waals surface area (Å²) in [7, 11) is -3.75. The lowest BCUT2D eigenvalue weighted by molar-refractivity contribution is 0.258. The van der Waals surface area contributed by atoms with Gasteiger partial charge in [0.1, 0.15) is 0 Å². The van der Waals surface area contributed by atoms with Crippen molar-refractivity contribution in [1.29, 1.82) is 0 Å². The fraction of sp³-hybridized carbons (Fsp3) is 0.571. The maximum absolute atomic E-state index is 11.7. The van der Waals surface area contributed by atoms with Crippen molar-refractivity contribution in [3.8, 4) is 0 Å². The van der Waals surface area contributed by atoms with E-state index in [0.717, 1.165) is 44.8 Å². The van der Waals surface area contributed by atoms with Crippen LogP contribution in [0.3, 0.4) is 0 Å². The summed E-state index contributed by atoms with van der Waals surface area (Å²) in [5, 5.41) is 5.28. The van der Waals surface area contributed by atoms with Crippen molar-refractivity contribution in [1.82, 2.24) is 4.90 Å². The van der Waals surface area contributed by atoms with Crippen molar-refractivity contribution in [2.75, 3.05) is 43.4 Å². The van der Waals surface area contributed by atoms with Crippen LogP contribution in [0.1, 0.15) is 18.9 Å². The van der Waals surface area contributed by atoms with Crippen LogP contribution in [0.15, 0.2) is 17.0 Å². The second-order valence-electron chi connectivity index (χ2n) is 5.54. The molecular formula is C14H24N4O2S. The summed E-state index contributed by atoms with van der Waals surface area (Å²) < 4.78 is 23.3. The van der Waals surface area contributed by atoms with Crippen molar-refractivity contribution >= 4 is 21.4 Å². The van der Waals surface area contributed by atoms with E-state index in [1.165, 1.54) is 6.07 Å². The molecule has 1 saturated heterocycles. The van der Waals surface area contributed by atoms with Gasteiger partial charge in [-0.3, -0.25) is 4.90 Å². The SMILES string of the molecule is CCCN1CCN(c2cc(N)cc(S(N)(=O)=O)c2C)CC1. The zero-order valence-electron chi connectivity index (χ0n) is 12.7. The number of anilines is 2. The molecule has 21 heavy (non-hydrogen) atoms. The topological polar surface area (TPSA) is 92.7 Å². The number of nitrogens with two attached hydrogens (primary N) is 2. The first-order chi connectivity index (χ1) is 9.82. The number of benzene rings is 1. The molecule has 1 fully saturated rings. The Balaban J connectivity index is 2.27. The predicted molar refractivity (Wildman–Crippen MR) is 85.9 cm³/mol. The molecule has 1 aliphatic heterocycles. The van der Waals surface area contributed by atoms with Crippen molar-refractivity contribution in [3.63, 3.8) is 0 Å². The van der Waals surface area contributed by atoms with E-state index in [1.807, 2.05) is 6.07 Å². The minimum atomic E-state index is -3.75. The molecule has 4 N–H and O–H groups in total. The van der Waals surface area contributed by atoms with E-state index < -0.39 is 10.0 Å². The van der Waals surface area contributed by atoms with Crippen LogP contribution in [0.25, 0.3) is 0 Å². The Hall–Kier alpha value is -1.31. The van der Waals surface area contributed by atoms with Gasteiger partial charge >= 0.3 is 0 Å². The van der Waals surface area contributed by atoms with Crippen molar-refractivity contribution in [2.24, 2.45) is 5.14 Å². The number of hydrogen-bond donors (Lipinski definition) is 2. The molecule has 0 saturated carbocycles. The van der Waals surface area contributed by atoms with Gasteiger partial charge in [-0.1, -0.05) is 6.92 Å². The first-order valence-corrected chi connectivity index (χ1v) is 8.77. The van der Waals surface area contributed by atoms with Crippen LogP contribution in [0.4, 0.5) is 11.4 Å². The van der Waals surface area contributed by atoms with E-state index in [1.54, 1.807) is 6.92 Å². The molecule has 0 aliphatic carbocycles. The van der Waals surface area contributed by atoms with Gasteiger partial charge in [0.2, 0.25) is 10.0 Å². The van der Waals surface area contributed by atoms with Gasteiger partial charge in [-0.2, -0.15) is 0 Å². The maximum atomic E-state index is 11.7. The second-order valence-corrected chi connectivity index (χ2v) is 7.07. The number of primary sulfonamides is 1. The average Bonchev–Trinajstić information content (AvgIpc) is 2.41. The molecule has 7 heteroatoms. The summed E-state index contributed by atoms with van der Waals surface area (Å²) in [4.78, 5) is 4.72. The third-order valence-electron chi connectivity index (χ3n) is 3.91. The summed E-state index contributed by atoms with van der Waals surface area (Å²) in [6.07, 6.45) is 1.15. The third-order valence-corrected chi connectivity index (χ3v) is 4.95. The van der Waals surface area contributed by atoms with Crippen molar-refractivity contribution in [2.45, 2.75) is 25.2 Å². The fourth-order valence-electron chi connectivity index (χ4n) is 2.85. The quantitative estimate of drug-likeness (QED) is 0.801. The van der Waals surface area contributed by atoms with Gasteiger partial charge in [-0.25, -0.2) is 13.6 Å². The maximum Gasteiger partial charge on any atom is 0.238 e. The van der Waals surface area contributed by atoms with Gasteiger partial charge in [0.25, 0.3) is 0 Å². The van der Waals surface area contributed by atoms with Crippen LogP contribution in [0.5, 0.6) is 0 Å². The molecule has 2 rings (SSSR count). The summed E-state index contributed by atoms with van der Waals surface area (Å²) in [6, 6.07) is 3.26. The van der Waals surface area contributed by atoms with E-state index in [0.29, 0.717) is 11.3 Å². The Kier molecular flexibility index (Phi) is 4.75. The highest BCUT2D eigenvalue weighted by molar-refractivity contribution is 7.89. The van der Waals surface area contributed by atoms with Gasteiger partial charge < -0.3 is 10.6 Å². The third kappa shape index (κ3) is 3.66. The van der Waals surface area contributed by atoms with Gasteiger partial charge in [0.05, 0.1) is 4.90 Å². The van der Waals surface area contributed by atoms with Gasteiger partial charge in [0.15, 0.2) is 0 Å². The standard InChI is InChI=1S/C14H24N4O2S/c1-3-4-17-5-7-18(8-6-17)13-9-12(15)10-14(11(13)2)21(16,19)20/h9-10H,3-8,15H2,1-2H3,(H2,16,19,20). The van der Waals surface area contributed by atoms with E-state index in [9.17, 15) is 8.42 Å². The Morgan fingerprint density at radius 2 is 1.81 bits per heavy atom. The van der Waals surface area contributed by atoms with Crippen molar-refractivity contribution < 1.29 is 8.42 Å². The van der Waals surface area contributed by atoms with Crippen LogP contribution in [0.2, 0.25) is 0 Å². The Labute approximate surface area is 126 Å². The zero-order valence-corrected chi connectivity index (χ0v) is 13.5. The van der Waals surface area contributed by atoms with Crippen LogP contribution >= 0.6 is 0 Å². The van der Waals surface area contributed by atoms with E-state index in [-0.39, 0.29) is 4.90 Å². The van der Waals surface area contributed by atoms with Gasteiger partial charge in [-0.15, -0.1) is 0 Å². The normalized spacial score (nSPS) is 17.2. The highest BCUT2D eigenvalue weighted by Crippen LogP contribution is 2.29. The zero-order chi connectivity index (χ0) is 15.6. The van der Waals surface area contributed by atoms with E-state index >= 15 is 0 Å². The molecule has 1 aromatic rings. The molecule has 1 heterocycles. The summed E-state index contributed by atoms with van der Waals surface area (Å²) >= 11 is 0. The molecule has 1 aromatic carbocycles. The molecule has 0 spiro atoms. The smallest absolute Gasteiger partial charge is 0.238 e. The largest absolute Gasteiger partial charge is 0.399 e. The van der Waals surface area contributed by atoms with Crippen LogP contribution in [-0.4, -0.2) is 46.0 Å². The number of piperazine rings is 1. The highest BCUT2D eigenvalue weighted by Gasteiger charge is 2.22. The molecule has 0 aromatic heterocycles. The monoisotopic (exact) mass is 312 g/mol. The predicted octanol–water partition coefficient (Wildman–Crippen LogP) is 0.757. The van der Waals surface area contributed by atoms with E-state index in [2.05, 4.69) is 16.7 Å². The van der Waals surface area contributed by atoms with Crippen LogP contribution in [-0.2, 0) is 10.0 Å². The minimum absolute atomic E-state index is 0.119. The van der Waals surface area contributed by atoms with Crippen LogP contribution < -0.4 is 15.8 Å². The molecular weight excluding hydrogens is 288 g/mol.